The molecule has 0 saturated carbocycles. The van der Waals surface area contributed by atoms with E-state index in [1.165, 1.54) is 0 Å². The molecule has 0 aromatic carbocycles. The first-order valence-electron chi connectivity index (χ1n) is 0.894. The van der Waals surface area contributed by atoms with Crippen molar-refractivity contribution in [3.63, 3.8) is 0 Å². The molecule has 0 aromatic heterocycles. The first-order chi connectivity index (χ1) is 2.00. The van der Waals surface area contributed by atoms with Crippen LogP contribution in [0.1, 0.15) is 0 Å². The van der Waals surface area contributed by atoms with Crippen molar-refractivity contribution in [1.29, 1.82) is 0 Å². The van der Waals surface area contributed by atoms with Gasteiger partial charge in [0.15, 0.2) is 0 Å². The van der Waals surface area contributed by atoms with Gasteiger partial charge in [0.1, 0.15) is 0 Å². The molecular formula is H5NaO4PSi. The van der Waals surface area contributed by atoms with E-state index in [0.717, 1.165) is 0 Å². The molecule has 7 heteroatoms. The molecule has 0 amide bonds. The molecule has 0 atom stereocenters. The van der Waals surface area contributed by atoms with Gasteiger partial charge in [-0.1, -0.05) is 0 Å². The molecule has 0 bridgehead atoms. The van der Waals surface area contributed by atoms with Crippen LogP contribution in [0.15, 0.2) is 0 Å². The van der Waals surface area contributed by atoms with E-state index in [4.69, 9.17) is 19.2 Å². The largest absolute Gasteiger partial charge is 0 e. The molecule has 4 nitrogen and oxygen atoms in total. The van der Waals surface area contributed by atoms with E-state index < -0.39 is 9.05 Å². The van der Waals surface area contributed by atoms with Crippen molar-refractivity contribution in [2.24, 2.45) is 0 Å². The van der Waals surface area contributed by atoms with Gasteiger partial charge in [-0.15, -0.1) is 0 Å². The number of rotatable bonds is 0. The number of hydrogen-bond acceptors (Lipinski definition) is 4. The van der Waals surface area contributed by atoms with E-state index in [1.54, 1.807) is 0 Å². The zero-order valence-corrected chi connectivity index (χ0v) is 4.63. The minimum absolute atomic E-state index is 0. The molecule has 0 aliphatic carbocycles. The SMILES string of the molecule is O[Si](O)(O)O.[NaH].[P]. The Morgan fingerprint density at radius 2 is 0.857 bits per heavy atom. The van der Waals surface area contributed by atoms with E-state index in [1.807, 2.05) is 0 Å². The van der Waals surface area contributed by atoms with Crippen molar-refractivity contribution in [3.05, 3.63) is 0 Å². The fourth-order valence-electron chi connectivity index (χ4n) is 0. The maximum absolute atomic E-state index is 7.33. The van der Waals surface area contributed by atoms with Crippen molar-refractivity contribution >= 4 is 48.5 Å². The van der Waals surface area contributed by atoms with E-state index in [9.17, 15) is 0 Å². The van der Waals surface area contributed by atoms with Crippen molar-refractivity contribution in [2.45, 2.75) is 0 Å². The topological polar surface area (TPSA) is 80.9 Å². The Hall–Kier alpha value is 1.49. The number of hydrogen-bond donors (Lipinski definition) is 4. The van der Waals surface area contributed by atoms with Crippen molar-refractivity contribution in [1.82, 2.24) is 0 Å². The second-order valence-electron chi connectivity index (χ2n) is 0.600. The summed E-state index contributed by atoms with van der Waals surface area (Å²) < 4.78 is 0. The molecule has 0 saturated heterocycles. The molecule has 0 unspecified atom stereocenters. The smallest absolute Gasteiger partial charge is 0 e. The maximum Gasteiger partial charge on any atom is 0 e. The van der Waals surface area contributed by atoms with E-state index in [2.05, 4.69) is 0 Å². The molecule has 39 valence electrons. The fraction of sp³-hybridized carbons (Fsp3) is 0. The van der Waals surface area contributed by atoms with Crippen molar-refractivity contribution in [2.75, 3.05) is 0 Å². The summed E-state index contributed by atoms with van der Waals surface area (Å²) in [4.78, 5) is 29.3. The van der Waals surface area contributed by atoms with Gasteiger partial charge in [-0.25, -0.2) is 0 Å². The predicted molar refractivity (Wildman–Crippen MR) is 28.7 cm³/mol. The quantitative estimate of drug-likeness (QED) is 0.230. The van der Waals surface area contributed by atoms with E-state index >= 15 is 0 Å². The zero-order valence-electron chi connectivity index (χ0n) is 2.74. The van der Waals surface area contributed by atoms with Gasteiger partial charge < -0.3 is 19.2 Å². The van der Waals surface area contributed by atoms with Crippen LogP contribution in [0.3, 0.4) is 0 Å². The van der Waals surface area contributed by atoms with Crippen LogP contribution in [0, 0.1) is 0 Å². The van der Waals surface area contributed by atoms with Crippen LogP contribution in [0.2, 0.25) is 0 Å². The summed E-state index contributed by atoms with van der Waals surface area (Å²) in [5, 5.41) is 0. The summed E-state index contributed by atoms with van der Waals surface area (Å²) in [7, 11) is -4.61. The second-order valence-corrected chi connectivity index (χ2v) is 1.80. The average Bonchev–Trinajstić information content (AvgIpc) is 0.722. The standard InChI is InChI=1S/Na.H4O4Si.P.H/c;1-5(2,3)4;;/h;1-4H;;. The molecule has 7 heavy (non-hydrogen) atoms. The van der Waals surface area contributed by atoms with Crippen LogP contribution in [-0.2, 0) is 0 Å². The van der Waals surface area contributed by atoms with Crippen LogP contribution in [0.25, 0.3) is 0 Å². The van der Waals surface area contributed by atoms with Gasteiger partial charge in [0.2, 0.25) is 0 Å². The molecule has 0 aromatic rings. The van der Waals surface area contributed by atoms with Gasteiger partial charge in [0.05, 0.1) is 0 Å². The molecule has 0 heterocycles. The van der Waals surface area contributed by atoms with E-state index in [-0.39, 0.29) is 39.5 Å². The molecule has 0 spiro atoms. The summed E-state index contributed by atoms with van der Waals surface area (Å²) in [6, 6.07) is 0. The minimum Gasteiger partial charge on any atom is 0 e. The molecule has 0 rings (SSSR count). The van der Waals surface area contributed by atoms with Gasteiger partial charge >= 0.3 is 38.6 Å². The van der Waals surface area contributed by atoms with Gasteiger partial charge in [-0.05, 0) is 0 Å². The molecule has 3 radical (unpaired) electrons. The third-order valence-electron chi connectivity index (χ3n) is 0. The summed E-state index contributed by atoms with van der Waals surface area (Å²) in [5.41, 5.74) is 0. The normalized spacial score (nSPS) is 8.57. The Bertz CT molecular complexity index is 27.2. The molecule has 4 N–H and O–H groups in total. The van der Waals surface area contributed by atoms with E-state index in [0.29, 0.717) is 0 Å². The molecular weight excluding hydrogens is 146 g/mol. The Morgan fingerprint density at radius 1 is 0.857 bits per heavy atom. The van der Waals surface area contributed by atoms with Gasteiger partial charge in [-0.2, -0.15) is 0 Å². The minimum atomic E-state index is -4.61. The first kappa shape index (κ1) is 15.8. The predicted octanol–water partition coefficient (Wildman–Crippen LogP) is -2.40. The summed E-state index contributed by atoms with van der Waals surface area (Å²) in [6.45, 7) is 0. The molecule has 0 aliphatic heterocycles. The fourth-order valence-corrected chi connectivity index (χ4v) is 0. The third kappa shape index (κ3) is 102. The van der Waals surface area contributed by atoms with Gasteiger partial charge in [0.25, 0.3) is 0 Å². The Morgan fingerprint density at radius 3 is 0.857 bits per heavy atom. The Labute approximate surface area is 67.6 Å². The Kier molecular flexibility index (Phi) is 12.7. The van der Waals surface area contributed by atoms with Gasteiger partial charge in [0, 0.05) is 9.90 Å². The van der Waals surface area contributed by atoms with Gasteiger partial charge in [-0.3, -0.25) is 0 Å². The summed E-state index contributed by atoms with van der Waals surface area (Å²) in [6.07, 6.45) is 0. The van der Waals surface area contributed by atoms with Crippen LogP contribution < -0.4 is 0 Å². The summed E-state index contributed by atoms with van der Waals surface area (Å²) in [5.74, 6) is 0. The van der Waals surface area contributed by atoms with Crippen LogP contribution in [0.5, 0.6) is 0 Å². The van der Waals surface area contributed by atoms with Crippen molar-refractivity contribution in [3.8, 4) is 0 Å². The first-order valence-corrected chi connectivity index (χ1v) is 2.68. The second kappa shape index (κ2) is 5.62. The average molecular weight is 151 g/mol. The van der Waals surface area contributed by atoms with Crippen molar-refractivity contribution < 1.29 is 19.2 Å². The monoisotopic (exact) mass is 151 g/mol. The zero-order chi connectivity index (χ0) is 4.50. The molecule has 0 aliphatic rings. The Balaban J connectivity index is -0.0000000800. The maximum atomic E-state index is 7.33. The summed E-state index contributed by atoms with van der Waals surface area (Å²) >= 11 is 0. The van der Waals surface area contributed by atoms with Crippen LogP contribution in [0.4, 0.5) is 0 Å². The van der Waals surface area contributed by atoms with Crippen LogP contribution in [-0.4, -0.2) is 57.8 Å². The molecule has 0 fully saturated rings. The third-order valence-corrected chi connectivity index (χ3v) is 0. The van der Waals surface area contributed by atoms with Crippen LogP contribution >= 0.6 is 9.90 Å².